The molecule has 0 saturated carbocycles. The van der Waals surface area contributed by atoms with Crippen molar-refractivity contribution in [3.63, 3.8) is 0 Å². The number of ether oxygens (including phenoxy) is 1. The highest BCUT2D eigenvalue weighted by Gasteiger charge is 2.26. The van der Waals surface area contributed by atoms with E-state index in [1.165, 1.54) is 0 Å². The van der Waals surface area contributed by atoms with Crippen LogP contribution >= 0.6 is 11.8 Å². The van der Waals surface area contributed by atoms with Crippen molar-refractivity contribution in [2.75, 3.05) is 19.4 Å². The highest BCUT2D eigenvalue weighted by atomic mass is 32.2. The molecule has 1 aliphatic rings. The van der Waals surface area contributed by atoms with Crippen LogP contribution in [0.25, 0.3) is 0 Å². The van der Waals surface area contributed by atoms with Crippen LogP contribution in [-0.4, -0.2) is 30.1 Å². The summed E-state index contributed by atoms with van der Waals surface area (Å²) < 4.78 is 5.52. The van der Waals surface area contributed by atoms with E-state index in [1.54, 1.807) is 11.8 Å². The molecule has 0 saturated heterocycles. The molecule has 0 amide bonds. The lowest BCUT2D eigenvalue weighted by Gasteiger charge is -2.26. The Morgan fingerprint density at radius 3 is 2.73 bits per heavy atom. The van der Waals surface area contributed by atoms with Crippen molar-refractivity contribution in [3.8, 4) is 0 Å². The molecular formula is C8H15NOS. The first-order valence-electron chi connectivity index (χ1n) is 3.90. The number of aliphatic imine (C=N–C) groups is 1. The summed E-state index contributed by atoms with van der Waals surface area (Å²) in [6.45, 7) is 6.05. The largest absolute Gasteiger partial charge is 0.480 e. The zero-order chi connectivity index (χ0) is 8.32. The van der Waals surface area contributed by atoms with Gasteiger partial charge in [-0.3, -0.25) is 4.99 Å². The fourth-order valence-corrected chi connectivity index (χ4v) is 1.21. The summed E-state index contributed by atoms with van der Waals surface area (Å²) in [6.07, 6.45) is 3.15. The summed E-state index contributed by atoms with van der Waals surface area (Å²) in [5.74, 6) is 0.913. The van der Waals surface area contributed by atoms with Crippen molar-refractivity contribution in [1.29, 1.82) is 0 Å². The Kier molecular flexibility index (Phi) is 2.82. The molecule has 1 heterocycles. The first kappa shape index (κ1) is 8.91. The summed E-state index contributed by atoms with van der Waals surface area (Å²) >= 11 is 1.78. The van der Waals surface area contributed by atoms with Gasteiger partial charge in [0.2, 0.25) is 0 Å². The SMILES string of the molecule is CSC(C)(C)C1=NCCCO1. The molecule has 0 fully saturated rings. The van der Waals surface area contributed by atoms with Gasteiger partial charge in [0.05, 0.1) is 11.4 Å². The average Bonchev–Trinajstić information content (AvgIpc) is 2.06. The second-order valence-corrected chi connectivity index (χ2v) is 4.53. The Morgan fingerprint density at radius 2 is 2.27 bits per heavy atom. The van der Waals surface area contributed by atoms with E-state index < -0.39 is 0 Å². The zero-order valence-electron chi connectivity index (χ0n) is 7.39. The van der Waals surface area contributed by atoms with Crippen molar-refractivity contribution >= 4 is 17.7 Å². The predicted molar refractivity (Wildman–Crippen MR) is 50.5 cm³/mol. The van der Waals surface area contributed by atoms with E-state index in [2.05, 4.69) is 25.1 Å². The van der Waals surface area contributed by atoms with Crippen LogP contribution in [-0.2, 0) is 4.74 Å². The van der Waals surface area contributed by atoms with Crippen LogP contribution in [0.3, 0.4) is 0 Å². The molecule has 0 atom stereocenters. The minimum absolute atomic E-state index is 0.0560. The van der Waals surface area contributed by atoms with Crippen molar-refractivity contribution in [2.45, 2.75) is 25.0 Å². The first-order chi connectivity index (χ1) is 5.17. The van der Waals surface area contributed by atoms with Crippen LogP contribution in [0, 0.1) is 0 Å². The third kappa shape index (κ3) is 2.12. The highest BCUT2D eigenvalue weighted by molar-refractivity contribution is 8.00. The van der Waals surface area contributed by atoms with Gasteiger partial charge in [0.15, 0.2) is 5.90 Å². The maximum Gasteiger partial charge on any atom is 0.199 e. The van der Waals surface area contributed by atoms with Crippen LogP contribution in [0.15, 0.2) is 4.99 Å². The van der Waals surface area contributed by atoms with Crippen LogP contribution in [0.1, 0.15) is 20.3 Å². The number of rotatable bonds is 2. The second-order valence-electron chi connectivity index (χ2n) is 3.10. The molecule has 11 heavy (non-hydrogen) atoms. The molecule has 0 N–H and O–H groups in total. The summed E-state index contributed by atoms with van der Waals surface area (Å²) in [5, 5.41) is 0. The predicted octanol–water partition coefficient (Wildman–Crippen LogP) is 1.95. The van der Waals surface area contributed by atoms with Crippen molar-refractivity contribution in [3.05, 3.63) is 0 Å². The highest BCUT2D eigenvalue weighted by Crippen LogP contribution is 2.25. The van der Waals surface area contributed by atoms with Gasteiger partial charge in [0.1, 0.15) is 0 Å². The number of nitrogens with zero attached hydrogens (tertiary/aromatic N) is 1. The molecule has 0 radical (unpaired) electrons. The Morgan fingerprint density at radius 1 is 1.55 bits per heavy atom. The lowest BCUT2D eigenvalue weighted by molar-refractivity contribution is 0.268. The molecule has 1 rings (SSSR count). The Bertz CT molecular complexity index is 165. The normalized spacial score (nSPS) is 19.0. The van der Waals surface area contributed by atoms with E-state index >= 15 is 0 Å². The zero-order valence-corrected chi connectivity index (χ0v) is 8.20. The molecule has 0 spiro atoms. The number of hydrogen-bond acceptors (Lipinski definition) is 3. The Balaban J connectivity index is 2.64. The maximum atomic E-state index is 5.46. The van der Waals surface area contributed by atoms with Gasteiger partial charge < -0.3 is 4.74 Å². The monoisotopic (exact) mass is 173 g/mol. The van der Waals surface area contributed by atoms with Gasteiger partial charge in [-0.1, -0.05) is 0 Å². The molecule has 64 valence electrons. The Labute approximate surface area is 72.4 Å². The van der Waals surface area contributed by atoms with Crippen LogP contribution in [0.4, 0.5) is 0 Å². The third-order valence-corrected chi connectivity index (χ3v) is 3.02. The van der Waals surface area contributed by atoms with E-state index in [-0.39, 0.29) is 4.75 Å². The fourth-order valence-electron chi connectivity index (χ4n) is 0.911. The van der Waals surface area contributed by atoms with Gasteiger partial charge in [0, 0.05) is 13.0 Å². The summed E-state index contributed by atoms with van der Waals surface area (Å²) in [4.78, 5) is 4.35. The van der Waals surface area contributed by atoms with Crippen molar-refractivity contribution in [1.82, 2.24) is 0 Å². The summed E-state index contributed by atoms with van der Waals surface area (Å²) in [7, 11) is 0. The standard InChI is InChI=1S/C8H15NOS/c1-8(2,11-3)7-9-5-4-6-10-7/h4-6H2,1-3H3. The molecule has 0 aromatic heterocycles. The van der Waals surface area contributed by atoms with Crippen LogP contribution in [0.5, 0.6) is 0 Å². The molecule has 0 aliphatic carbocycles. The minimum atomic E-state index is 0.0560. The average molecular weight is 173 g/mol. The van der Waals surface area contributed by atoms with Gasteiger partial charge in [-0.25, -0.2) is 0 Å². The molecule has 0 aromatic rings. The Hall–Kier alpha value is -0.180. The van der Waals surface area contributed by atoms with Crippen LogP contribution < -0.4 is 0 Å². The van der Waals surface area contributed by atoms with Crippen molar-refractivity contribution < 1.29 is 4.74 Å². The lowest BCUT2D eigenvalue weighted by Crippen LogP contribution is -2.32. The number of hydrogen-bond donors (Lipinski definition) is 0. The maximum absolute atomic E-state index is 5.46. The van der Waals surface area contributed by atoms with Gasteiger partial charge in [-0.15, -0.1) is 11.8 Å². The van der Waals surface area contributed by atoms with Crippen molar-refractivity contribution in [2.24, 2.45) is 4.99 Å². The minimum Gasteiger partial charge on any atom is -0.480 e. The smallest absolute Gasteiger partial charge is 0.199 e. The molecule has 0 unspecified atom stereocenters. The lowest BCUT2D eigenvalue weighted by atomic mass is 10.2. The van der Waals surface area contributed by atoms with E-state index in [4.69, 9.17) is 4.74 Å². The topological polar surface area (TPSA) is 21.6 Å². The summed E-state index contributed by atoms with van der Waals surface area (Å²) in [6, 6.07) is 0. The van der Waals surface area contributed by atoms with E-state index in [0.717, 1.165) is 25.5 Å². The number of thioether (sulfide) groups is 1. The van der Waals surface area contributed by atoms with E-state index in [9.17, 15) is 0 Å². The molecular weight excluding hydrogens is 158 g/mol. The molecule has 3 heteroatoms. The van der Waals surface area contributed by atoms with Gasteiger partial charge in [0.25, 0.3) is 0 Å². The van der Waals surface area contributed by atoms with Crippen LogP contribution in [0.2, 0.25) is 0 Å². The second kappa shape index (κ2) is 3.48. The van der Waals surface area contributed by atoms with E-state index in [0.29, 0.717) is 0 Å². The summed E-state index contributed by atoms with van der Waals surface area (Å²) in [5.41, 5.74) is 0. The fraction of sp³-hybridized carbons (Fsp3) is 0.875. The van der Waals surface area contributed by atoms with Gasteiger partial charge in [-0.05, 0) is 20.1 Å². The quantitative estimate of drug-likeness (QED) is 0.636. The van der Waals surface area contributed by atoms with Gasteiger partial charge >= 0.3 is 0 Å². The third-order valence-electron chi connectivity index (χ3n) is 1.82. The van der Waals surface area contributed by atoms with Gasteiger partial charge in [-0.2, -0.15) is 0 Å². The first-order valence-corrected chi connectivity index (χ1v) is 5.12. The molecule has 1 aliphatic heterocycles. The molecule has 0 bridgehead atoms. The molecule has 2 nitrogen and oxygen atoms in total. The van der Waals surface area contributed by atoms with E-state index in [1.807, 2.05) is 0 Å². The molecule has 0 aromatic carbocycles.